The number of nitrogens with one attached hydrogen (secondary N) is 1. The molecule has 2 aromatic carbocycles. The molecule has 0 aromatic heterocycles. The summed E-state index contributed by atoms with van der Waals surface area (Å²) in [6.45, 7) is 3.31. The van der Waals surface area contributed by atoms with Crippen molar-refractivity contribution in [3.05, 3.63) is 58.6 Å². The van der Waals surface area contributed by atoms with E-state index in [0.717, 1.165) is 31.5 Å². The van der Waals surface area contributed by atoms with Crippen LogP contribution in [0.5, 0.6) is 5.75 Å². The van der Waals surface area contributed by atoms with Gasteiger partial charge in [0.1, 0.15) is 5.75 Å². The quantitative estimate of drug-likeness (QED) is 0.691. The third-order valence-corrected chi connectivity index (χ3v) is 7.28. The molecule has 4 rings (SSSR count). The van der Waals surface area contributed by atoms with Crippen LogP contribution in [0, 0.1) is 0 Å². The van der Waals surface area contributed by atoms with Gasteiger partial charge in [-0.25, -0.2) is 8.42 Å². The fourth-order valence-electron chi connectivity index (χ4n) is 4.21. The van der Waals surface area contributed by atoms with Crippen molar-refractivity contribution in [1.82, 2.24) is 10.2 Å². The molecule has 1 N–H and O–H groups in total. The molecule has 2 aromatic rings. The number of sulfonamides is 1. The predicted octanol–water partition coefficient (Wildman–Crippen LogP) is 3.17. The maximum atomic E-state index is 12.9. The van der Waals surface area contributed by atoms with E-state index in [1.807, 2.05) is 18.2 Å². The van der Waals surface area contributed by atoms with Crippen LogP contribution in [-0.4, -0.2) is 51.2 Å². The Kier molecular flexibility index (Phi) is 6.93. The van der Waals surface area contributed by atoms with Gasteiger partial charge >= 0.3 is 0 Å². The molecule has 9 heteroatoms. The molecule has 0 saturated carbocycles. The van der Waals surface area contributed by atoms with Crippen molar-refractivity contribution in [2.24, 2.45) is 0 Å². The first kappa shape index (κ1) is 22.9. The predicted molar refractivity (Wildman–Crippen MR) is 125 cm³/mol. The van der Waals surface area contributed by atoms with Gasteiger partial charge in [0.15, 0.2) is 6.10 Å². The molecule has 2 aliphatic rings. The van der Waals surface area contributed by atoms with Crippen LogP contribution >= 0.6 is 11.6 Å². The molecular weight excluding hydrogens is 450 g/mol. The largest absolute Gasteiger partial charge is 0.476 e. The summed E-state index contributed by atoms with van der Waals surface area (Å²) >= 11 is 6.03. The Balaban J connectivity index is 1.45. The van der Waals surface area contributed by atoms with Gasteiger partial charge in [0.05, 0.1) is 18.5 Å². The summed E-state index contributed by atoms with van der Waals surface area (Å²) in [6.07, 6.45) is 3.89. The van der Waals surface area contributed by atoms with E-state index in [-0.39, 0.29) is 12.5 Å². The summed E-state index contributed by atoms with van der Waals surface area (Å²) in [7, 11) is -3.60. The van der Waals surface area contributed by atoms with Crippen LogP contribution in [-0.2, 0) is 27.9 Å². The number of amides is 1. The lowest BCUT2D eigenvalue weighted by Gasteiger charge is -2.34. The number of anilines is 1. The first-order chi connectivity index (χ1) is 15.3. The zero-order chi connectivity index (χ0) is 22.7. The van der Waals surface area contributed by atoms with Gasteiger partial charge in [-0.05, 0) is 55.3 Å². The molecule has 1 atom stereocenters. The molecule has 7 nitrogen and oxygen atoms in total. The standard InChI is InChI=1S/C23H28ClN3O4S/c1-32(29,30)27-16-22(31-21-10-9-19(24)13-20(21)27)23(28)25-14-17-7-3-4-8-18(17)15-26-11-5-2-6-12-26/h3-4,7-10,13,22H,2,5-6,11-12,14-16H2,1H3,(H,25,28)/t22-/m0/s1. The Morgan fingerprint density at radius 2 is 1.84 bits per heavy atom. The lowest BCUT2D eigenvalue weighted by molar-refractivity contribution is -0.127. The van der Waals surface area contributed by atoms with Crippen molar-refractivity contribution in [3.8, 4) is 5.75 Å². The number of hydrogen-bond donors (Lipinski definition) is 1. The number of hydrogen-bond acceptors (Lipinski definition) is 5. The number of carbonyl (C=O) groups is 1. The molecule has 1 fully saturated rings. The molecule has 1 amide bonds. The number of piperidine rings is 1. The Labute approximate surface area is 194 Å². The Bertz CT molecular complexity index is 1090. The molecule has 0 radical (unpaired) electrons. The van der Waals surface area contributed by atoms with Gasteiger partial charge in [0.25, 0.3) is 5.91 Å². The van der Waals surface area contributed by atoms with E-state index >= 15 is 0 Å². The number of fused-ring (bicyclic) bond motifs is 1. The average molecular weight is 478 g/mol. The average Bonchev–Trinajstić information content (AvgIpc) is 2.77. The van der Waals surface area contributed by atoms with E-state index in [2.05, 4.69) is 16.3 Å². The molecule has 0 spiro atoms. The highest BCUT2D eigenvalue weighted by atomic mass is 35.5. The van der Waals surface area contributed by atoms with E-state index in [0.29, 0.717) is 23.0 Å². The lowest BCUT2D eigenvalue weighted by Crippen LogP contribution is -2.50. The number of halogens is 1. The maximum absolute atomic E-state index is 12.9. The minimum Gasteiger partial charge on any atom is -0.476 e. The Morgan fingerprint density at radius 1 is 1.12 bits per heavy atom. The molecule has 0 aliphatic carbocycles. The molecule has 2 aliphatic heterocycles. The van der Waals surface area contributed by atoms with Crippen LogP contribution in [0.25, 0.3) is 0 Å². The van der Waals surface area contributed by atoms with Crippen molar-refractivity contribution >= 4 is 33.2 Å². The highest BCUT2D eigenvalue weighted by molar-refractivity contribution is 7.92. The van der Waals surface area contributed by atoms with Crippen molar-refractivity contribution < 1.29 is 17.9 Å². The summed E-state index contributed by atoms with van der Waals surface area (Å²) in [6, 6.07) is 12.8. The van der Waals surface area contributed by atoms with Crippen LogP contribution in [0.15, 0.2) is 42.5 Å². The number of benzene rings is 2. The second-order valence-corrected chi connectivity index (χ2v) is 10.7. The van der Waals surface area contributed by atoms with Gasteiger partial charge < -0.3 is 10.1 Å². The monoisotopic (exact) mass is 477 g/mol. The normalized spacial score (nSPS) is 19.2. The summed E-state index contributed by atoms with van der Waals surface area (Å²) < 4.78 is 31.7. The van der Waals surface area contributed by atoms with Gasteiger partial charge in [0.2, 0.25) is 10.0 Å². The molecular formula is C23H28ClN3O4S. The van der Waals surface area contributed by atoms with Gasteiger partial charge in [-0.1, -0.05) is 42.3 Å². The second-order valence-electron chi connectivity index (χ2n) is 8.34. The van der Waals surface area contributed by atoms with Crippen LogP contribution in [0.4, 0.5) is 5.69 Å². The maximum Gasteiger partial charge on any atom is 0.263 e. The van der Waals surface area contributed by atoms with Gasteiger partial charge in [0, 0.05) is 18.1 Å². The number of nitrogens with zero attached hydrogens (tertiary/aromatic N) is 2. The molecule has 1 saturated heterocycles. The van der Waals surface area contributed by atoms with Crippen molar-refractivity contribution in [2.45, 2.75) is 38.5 Å². The first-order valence-corrected chi connectivity index (χ1v) is 13.0. The van der Waals surface area contributed by atoms with E-state index in [1.54, 1.807) is 12.1 Å². The SMILES string of the molecule is CS(=O)(=O)N1C[C@@H](C(=O)NCc2ccccc2CN2CCCCC2)Oc2ccc(Cl)cc21. The molecule has 0 bridgehead atoms. The van der Waals surface area contributed by atoms with E-state index in [9.17, 15) is 13.2 Å². The molecule has 0 unspecified atom stereocenters. The van der Waals surface area contributed by atoms with E-state index in [1.165, 1.54) is 35.2 Å². The molecule has 32 heavy (non-hydrogen) atoms. The van der Waals surface area contributed by atoms with Crippen LogP contribution < -0.4 is 14.4 Å². The summed E-state index contributed by atoms with van der Waals surface area (Å²) in [5.41, 5.74) is 2.59. The Morgan fingerprint density at radius 3 is 2.56 bits per heavy atom. The van der Waals surface area contributed by atoms with Crippen LogP contribution in [0.1, 0.15) is 30.4 Å². The topological polar surface area (TPSA) is 79.0 Å². The van der Waals surface area contributed by atoms with Crippen LogP contribution in [0.3, 0.4) is 0 Å². The summed E-state index contributed by atoms with van der Waals surface area (Å²) in [5.74, 6) is -0.0382. The highest BCUT2D eigenvalue weighted by Crippen LogP contribution is 2.37. The van der Waals surface area contributed by atoms with E-state index in [4.69, 9.17) is 16.3 Å². The molecule has 2 heterocycles. The minimum absolute atomic E-state index is 0.104. The van der Waals surface area contributed by atoms with Crippen molar-refractivity contribution in [2.75, 3.05) is 30.2 Å². The van der Waals surface area contributed by atoms with E-state index < -0.39 is 16.1 Å². The summed E-state index contributed by atoms with van der Waals surface area (Å²) in [4.78, 5) is 15.4. The Hall–Kier alpha value is -2.29. The highest BCUT2D eigenvalue weighted by Gasteiger charge is 2.35. The fraction of sp³-hybridized carbons (Fsp3) is 0.435. The zero-order valence-electron chi connectivity index (χ0n) is 18.1. The third-order valence-electron chi connectivity index (χ3n) is 5.90. The van der Waals surface area contributed by atoms with Gasteiger partial charge in [-0.15, -0.1) is 0 Å². The fourth-order valence-corrected chi connectivity index (χ4v) is 5.29. The number of rotatable bonds is 6. The number of carbonyl (C=O) groups excluding carboxylic acids is 1. The third kappa shape index (κ3) is 5.36. The van der Waals surface area contributed by atoms with Crippen molar-refractivity contribution in [3.63, 3.8) is 0 Å². The smallest absolute Gasteiger partial charge is 0.263 e. The molecule has 172 valence electrons. The second kappa shape index (κ2) is 9.68. The lowest BCUT2D eigenvalue weighted by atomic mass is 10.0. The van der Waals surface area contributed by atoms with Crippen molar-refractivity contribution in [1.29, 1.82) is 0 Å². The number of likely N-dealkylation sites (tertiary alicyclic amines) is 1. The zero-order valence-corrected chi connectivity index (χ0v) is 19.7. The first-order valence-electron chi connectivity index (χ1n) is 10.8. The summed E-state index contributed by atoms with van der Waals surface area (Å²) in [5, 5.41) is 3.33. The minimum atomic E-state index is -3.60. The number of ether oxygens (including phenoxy) is 1. The van der Waals surface area contributed by atoms with Gasteiger partial charge in [-0.3, -0.25) is 14.0 Å². The van der Waals surface area contributed by atoms with Gasteiger partial charge in [-0.2, -0.15) is 0 Å². The van der Waals surface area contributed by atoms with Crippen LogP contribution in [0.2, 0.25) is 5.02 Å².